The molecule has 0 saturated carbocycles. The Bertz CT molecular complexity index is 1090. The molecule has 3 rings (SSSR count). The molecular weight excluding hydrogens is 455 g/mol. The van der Waals surface area contributed by atoms with E-state index in [1.165, 1.54) is 28.6 Å². The lowest BCUT2D eigenvalue weighted by Gasteiger charge is -2.31. The van der Waals surface area contributed by atoms with E-state index in [9.17, 15) is 26.4 Å². The lowest BCUT2D eigenvalue weighted by atomic mass is 10.1. The van der Waals surface area contributed by atoms with Gasteiger partial charge in [0.1, 0.15) is 0 Å². The molecule has 0 spiro atoms. The maximum Gasteiger partial charge on any atom is 0.417 e. The summed E-state index contributed by atoms with van der Waals surface area (Å²) in [6.45, 7) is 5.41. The van der Waals surface area contributed by atoms with Crippen molar-refractivity contribution in [3.63, 3.8) is 0 Å². The summed E-state index contributed by atoms with van der Waals surface area (Å²) < 4.78 is 67.6. The number of carbonyl (C=O) groups excluding carboxylic acids is 1. The third-order valence-corrected chi connectivity index (χ3v) is 7.78. The van der Waals surface area contributed by atoms with Gasteiger partial charge in [-0.3, -0.25) is 4.79 Å². The predicted octanol–water partition coefficient (Wildman–Crippen LogP) is 4.98. The topological polar surface area (TPSA) is 69.7 Å². The standard InChI is InChI=1S/C23H28F3N3O3S/c1-3-29(4-2)33(31,32)17-12-13-21(28-14-8-5-9-15-28)20(16-17)27-22(30)18-10-6-7-11-19(18)23(24,25)26/h6-7,10-13,16H,3-5,8-9,14-15H2,1-2H3,(H,27,30). The third kappa shape index (κ3) is 5.50. The molecule has 1 N–H and O–H groups in total. The van der Waals surface area contributed by atoms with Gasteiger partial charge in [0.15, 0.2) is 0 Å². The van der Waals surface area contributed by atoms with Crippen molar-refractivity contribution in [3.05, 3.63) is 53.6 Å². The second-order valence-electron chi connectivity index (χ2n) is 7.81. The second-order valence-corrected chi connectivity index (χ2v) is 9.75. The van der Waals surface area contributed by atoms with Gasteiger partial charge in [0.05, 0.1) is 27.4 Å². The van der Waals surface area contributed by atoms with Gasteiger partial charge in [-0.15, -0.1) is 0 Å². The number of sulfonamides is 1. The number of carbonyl (C=O) groups is 1. The van der Waals surface area contributed by atoms with Gasteiger partial charge in [-0.1, -0.05) is 26.0 Å². The van der Waals surface area contributed by atoms with Crippen LogP contribution in [0.3, 0.4) is 0 Å². The van der Waals surface area contributed by atoms with Gasteiger partial charge < -0.3 is 10.2 Å². The average Bonchev–Trinajstić information content (AvgIpc) is 2.79. The van der Waals surface area contributed by atoms with Crippen LogP contribution in [-0.4, -0.2) is 44.8 Å². The highest BCUT2D eigenvalue weighted by molar-refractivity contribution is 7.89. The Morgan fingerprint density at radius 3 is 2.27 bits per heavy atom. The first-order valence-corrected chi connectivity index (χ1v) is 12.4. The first-order valence-electron chi connectivity index (χ1n) is 11.0. The summed E-state index contributed by atoms with van der Waals surface area (Å²) in [5.41, 5.74) is -0.807. The molecule has 33 heavy (non-hydrogen) atoms. The summed E-state index contributed by atoms with van der Waals surface area (Å²) in [5, 5.41) is 2.56. The molecule has 0 aromatic heterocycles. The highest BCUT2D eigenvalue weighted by atomic mass is 32.2. The van der Waals surface area contributed by atoms with E-state index in [1.807, 2.05) is 4.90 Å². The van der Waals surface area contributed by atoms with Gasteiger partial charge in [0, 0.05) is 26.2 Å². The molecule has 0 aliphatic carbocycles. The highest BCUT2D eigenvalue weighted by Gasteiger charge is 2.35. The molecule has 0 bridgehead atoms. The van der Waals surface area contributed by atoms with Crippen molar-refractivity contribution in [1.82, 2.24) is 4.31 Å². The van der Waals surface area contributed by atoms with Crippen molar-refractivity contribution in [2.75, 3.05) is 36.4 Å². The molecule has 0 atom stereocenters. The number of piperidine rings is 1. The molecule has 180 valence electrons. The van der Waals surface area contributed by atoms with Crippen LogP contribution in [-0.2, 0) is 16.2 Å². The quantitative estimate of drug-likeness (QED) is 0.603. The second kappa shape index (κ2) is 10.1. The molecule has 0 unspecified atom stereocenters. The molecule has 1 fully saturated rings. The molecule has 6 nitrogen and oxygen atoms in total. The van der Waals surface area contributed by atoms with Crippen LogP contribution in [0.2, 0.25) is 0 Å². The maximum atomic E-state index is 13.4. The fraction of sp³-hybridized carbons (Fsp3) is 0.435. The average molecular weight is 484 g/mol. The highest BCUT2D eigenvalue weighted by Crippen LogP contribution is 2.35. The van der Waals surface area contributed by atoms with Crippen LogP contribution < -0.4 is 10.2 Å². The number of amides is 1. The van der Waals surface area contributed by atoms with Crippen molar-refractivity contribution in [3.8, 4) is 0 Å². The smallest absolute Gasteiger partial charge is 0.370 e. The lowest BCUT2D eigenvalue weighted by molar-refractivity contribution is -0.137. The zero-order chi connectivity index (χ0) is 24.2. The summed E-state index contributed by atoms with van der Waals surface area (Å²) in [5.74, 6) is -0.946. The van der Waals surface area contributed by atoms with Gasteiger partial charge in [-0.05, 0) is 49.6 Å². The monoisotopic (exact) mass is 483 g/mol. The van der Waals surface area contributed by atoms with Gasteiger partial charge in [-0.2, -0.15) is 17.5 Å². The number of nitrogens with one attached hydrogen (secondary N) is 1. The molecule has 1 saturated heterocycles. The number of benzene rings is 2. The molecule has 10 heteroatoms. The number of alkyl halides is 3. The Balaban J connectivity index is 2.05. The van der Waals surface area contributed by atoms with Crippen LogP contribution in [0.25, 0.3) is 0 Å². The maximum absolute atomic E-state index is 13.4. The first-order chi connectivity index (χ1) is 15.6. The fourth-order valence-electron chi connectivity index (χ4n) is 4.02. The molecular formula is C23H28F3N3O3S. The normalized spacial score (nSPS) is 15.0. The van der Waals surface area contributed by atoms with Crippen LogP contribution in [0.15, 0.2) is 47.4 Å². The van der Waals surface area contributed by atoms with E-state index in [-0.39, 0.29) is 23.7 Å². The summed E-state index contributed by atoms with van der Waals surface area (Å²) in [6.07, 6.45) is -1.77. The predicted molar refractivity (Wildman–Crippen MR) is 122 cm³/mol. The Morgan fingerprint density at radius 1 is 1.03 bits per heavy atom. The molecule has 1 aliphatic heterocycles. The van der Waals surface area contributed by atoms with E-state index in [4.69, 9.17) is 0 Å². The number of nitrogens with zero attached hydrogens (tertiary/aromatic N) is 2. The van der Waals surface area contributed by atoms with E-state index in [1.54, 1.807) is 19.9 Å². The van der Waals surface area contributed by atoms with Crippen molar-refractivity contribution in [1.29, 1.82) is 0 Å². The summed E-state index contributed by atoms with van der Waals surface area (Å²) in [6, 6.07) is 8.97. The minimum absolute atomic E-state index is 0.0219. The molecule has 2 aromatic carbocycles. The number of hydrogen-bond donors (Lipinski definition) is 1. The van der Waals surface area contributed by atoms with E-state index in [0.29, 0.717) is 18.8 Å². The van der Waals surface area contributed by atoms with Crippen molar-refractivity contribution >= 4 is 27.3 Å². The van der Waals surface area contributed by atoms with Crippen LogP contribution in [0.4, 0.5) is 24.5 Å². The molecule has 0 radical (unpaired) electrons. The van der Waals surface area contributed by atoms with Crippen LogP contribution >= 0.6 is 0 Å². The molecule has 1 amide bonds. The van der Waals surface area contributed by atoms with E-state index in [0.717, 1.165) is 31.4 Å². The molecule has 1 aliphatic rings. The van der Waals surface area contributed by atoms with Gasteiger partial charge in [0.25, 0.3) is 5.91 Å². The summed E-state index contributed by atoms with van der Waals surface area (Å²) in [7, 11) is -3.82. The zero-order valence-corrected chi connectivity index (χ0v) is 19.5. The fourth-order valence-corrected chi connectivity index (χ4v) is 5.50. The lowest BCUT2D eigenvalue weighted by Crippen LogP contribution is -2.32. The van der Waals surface area contributed by atoms with Gasteiger partial charge in [0.2, 0.25) is 10.0 Å². The Labute approximate surface area is 192 Å². The number of rotatable bonds is 7. The van der Waals surface area contributed by atoms with Gasteiger partial charge >= 0.3 is 6.18 Å². The van der Waals surface area contributed by atoms with Gasteiger partial charge in [-0.25, -0.2) is 8.42 Å². The largest absolute Gasteiger partial charge is 0.417 e. The molecule has 1 heterocycles. The van der Waals surface area contributed by atoms with E-state index < -0.39 is 33.2 Å². The van der Waals surface area contributed by atoms with Crippen LogP contribution in [0.5, 0.6) is 0 Å². The van der Waals surface area contributed by atoms with E-state index >= 15 is 0 Å². The minimum atomic E-state index is -4.70. The Kier molecular flexibility index (Phi) is 7.69. The molecule has 2 aromatic rings. The van der Waals surface area contributed by atoms with Crippen LogP contribution in [0.1, 0.15) is 49.0 Å². The summed E-state index contributed by atoms with van der Waals surface area (Å²) >= 11 is 0. The number of anilines is 2. The number of hydrogen-bond acceptors (Lipinski definition) is 4. The third-order valence-electron chi connectivity index (χ3n) is 5.73. The van der Waals surface area contributed by atoms with Crippen molar-refractivity contribution in [2.45, 2.75) is 44.2 Å². The van der Waals surface area contributed by atoms with E-state index in [2.05, 4.69) is 5.32 Å². The zero-order valence-electron chi connectivity index (χ0n) is 18.7. The minimum Gasteiger partial charge on any atom is -0.370 e. The summed E-state index contributed by atoms with van der Waals surface area (Å²) in [4.78, 5) is 14.9. The number of halogens is 3. The first kappa shape index (κ1) is 25.0. The van der Waals surface area contributed by atoms with Crippen molar-refractivity contribution < 1.29 is 26.4 Å². The SMILES string of the molecule is CCN(CC)S(=O)(=O)c1ccc(N2CCCCC2)c(NC(=O)c2ccccc2C(F)(F)F)c1. The Morgan fingerprint density at radius 2 is 1.67 bits per heavy atom. The van der Waals surface area contributed by atoms with Crippen molar-refractivity contribution in [2.24, 2.45) is 0 Å². The van der Waals surface area contributed by atoms with Crippen LogP contribution in [0, 0.1) is 0 Å². The Hall–Kier alpha value is -2.59.